The fourth-order valence-electron chi connectivity index (χ4n) is 1.81. The topological polar surface area (TPSA) is 46.2 Å². The minimum atomic E-state index is -3.33. The normalized spacial score (nSPS) is 11.6. The Morgan fingerprint density at radius 3 is 2.47 bits per heavy atom. The Balaban J connectivity index is 2.91. The van der Waals surface area contributed by atoms with E-state index in [0.29, 0.717) is 11.4 Å². The van der Waals surface area contributed by atoms with Crippen LogP contribution in [-0.2, 0) is 16.4 Å². The van der Waals surface area contributed by atoms with Crippen molar-refractivity contribution in [3.63, 3.8) is 0 Å². The molecule has 0 aliphatic carbocycles. The Morgan fingerprint density at radius 2 is 1.82 bits per heavy atom. The average Bonchev–Trinajstić information content (AvgIpc) is 2.30. The molecule has 0 aliphatic rings. The first-order valence-electron chi connectivity index (χ1n) is 6.19. The maximum atomic E-state index is 12.0. The van der Waals surface area contributed by atoms with Gasteiger partial charge >= 0.3 is 0 Å². The molecule has 1 aromatic rings. The Hall–Kier alpha value is -0.870. The highest BCUT2D eigenvalue weighted by Crippen LogP contribution is 2.17. The zero-order chi connectivity index (χ0) is 12.7. The van der Waals surface area contributed by atoms with E-state index in [0.717, 1.165) is 31.2 Å². The van der Waals surface area contributed by atoms with Crippen LogP contribution < -0.4 is 4.72 Å². The van der Waals surface area contributed by atoms with Gasteiger partial charge in [-0.15, -0.1) is 0 Å². The van der Waals surface area contributed by atoms with Crippen molar-refractivity contribution in [2.75, 3.05) is 6.54 Å². The Morgan fingerprint density at radius 1 is 1.12 bits per heavy atom. The number of hydrogen-bond acceptors (Lipinski definition) is 2. The van der Waals surface area contributed by atoms with E-state index in [2.05, 4.69) is 11.6 Å². The molecule has 3 nitrogen and oxygen atoms in total. The molecule has 0 saturated carbocycles. The molecule has 4 heteroatoms. The second-order valence-corrected chi connectivity index (χ2v) is 5.80. The molecule has 1 rings (SSSR count). The van der Waals surface area contributed by atoms with Crippen LogP contribution in [0.25, 0.3) is 0 Å². The van der Waals surface area contributed by atoms with Crippen LogP contribution in [-0.4, -0.2) is 15.0 Å². The molecule has 0 aliphatic heterocycles. The number of hydrogen-bond donors (Lipinski definition) is 1. The summed E-state index contributed by atoms with van der Waals surface area (Å²) in [7, 11) is -3.33. The molecule has 0 aromatic heterocycles. The van der Waals surface area contributed by atoms with Crippen LogP contribution in [0.4, 0.5) is 0 Å². The van der Waals surface area contributed by atoms with Gasteiger partial charge in [0, 0.05) is 6.54 Å². The maximum Gasteiger partial charge on any atom is 0.240 e. The number of benzene rings is 1. The van der Waals surface area contributed by atoms with Crippen LogP contribution in [0.5, 0.6) is 0 Å². The van der Waals surface area contributed by atoms with E-state index in [-0.39, 0.29) is 0 Å². The third-order valence-corrected chi connectivity index (χ3v) is 4.29. The fourth-order valence-corrected chi connectivity index (χ4v) is 3.11. The van der Waals surface area contributed by atoms with Crippen molar-refractivity contribution in [3.8, 4) is 0 Å². The molecular formula is C13H21NO2S. The van der Waals surface area contributed by atoms with Gasteiger partial charge in [-0.05, 0) is 24.5 Å². The Kier molecular flexibility index (Phi) is 5.65. The second kappa shape index (κ2) is 6.77. The predicted octanol–water partition coefficient (Wildman–Crippen LogP) is 2.72. The summed E-state index contributed by atoms with van der Waals surface area (Å²) in [5.41, 5.74) is 0.918. The number of aryl methyl sites for hydroxylation is 1. The average molecular weight is 255 g/mol. The number of rotatable bonds is 7. The van der Waals surface area contributed by atoms with Crippen molar-refractivity contribution in [2.45, 2.75) is 44.4 Å². The van der Waals surface area contributed by atoms with E-state index in [4.69, 9.17) is 0 Å². The zero-order valence-corrected chi connectivity index (χ0v) is 11.4. The number of sulfonamides is 1. The van der Waals surface area contributed by atoms with Gasteiger partial charge in [0.15, 0.2) is 0 Å². The summed E-state index contributed by atoms with van der Waals surface area (Å²) in [6.45, 7) is 4.35. The minimum Gasteiger partial charge on any atom is -0.211 e. The molecule has 0 fully saturated rings. The van der Waals surface area contributed by atoms with E-state index >= 15 is 0 Å². The van der Waals surface area contributed by atoms with Crippen LogP contribution >= 0.6 is 0 Å². The van der Waals surface area contributed by atoms with Crippen molar-refractivity contribution in [3.05, 3.63) is 29.8 Å². The highest BCUT2D eigenvalue weighted by molar-refractivity contribution is 7.89. The first-order chi connectivity index (χ1) is 8.11. The molecule has 0 radical (unpaired) electrons. The van der Waals surface area contributed by atoms with Crippen LogP contribution in [0.2, 0.25) is 0 Å². The molecule has 0 unspecified atom stereocenters. The highest BCUT2D eigenvalue weighted by atomic mass is 32.2. The van der Waals surface area contributed by atoms with Gasteiger partial charge in [0.25, 0.3) is 0 Å². The lowest BCUT2D eigenvalue weighted by Crippen LogP contribution is -2.24. The summed E-state index contributed by atoms with van der Waals surface area (Å²) in [5.74, 6) is 0. The molecule has 17 heavy (non-hydrogen) atoms. The van der Waals surface area contributed by atoms with E-state index < -0.39 is 10.0 Å². The van der Waals surface area contributed by atoms with E-state index in [1.165, 1.54) is 0 Å². The third-order valence-electron chi connectivity index (χ3n) is 2.65. The van der Waals surface area contributed by atoms with Crippen molar-refractivity contribution in [1.82, 2.24) is 4.72 Å². The molecule has 0 atom stereocenters. The highest BCUT2D eigenvalue weighted by Gasteiger charge is 2.16. The lowest BCUT2D eigenvalue weighted by atomic mass is 10.1. The quantitative estimate of drug-likeness (QED) is 0.761. The molecule has 0 bridgehead atoms. The number of nitrogens with one attached hydrogen (secondary N) is 1. The van der Waals surface area contributed by atoms with E-state index in [9.17, 15) is 8.42 Å². The van der Waals surface area contributed by atoms with Gasteiger partial charge in [0.2, 0.25) is 10.0 Å². The van der Waals surface area contributed by atoms with E-state index in [1.807, 2.05) is 12.1 Å². The summed E-state index contributed by atoms with van der Waals surface area (Å²) in [5, 5.41) is 0. The Bertz CT molecular complexity index is 440. The SMILES string of the molecule is CCCCCc1ccccc1S(=O)(=O)NCC. The van der Waals surface area contributed by atoms with Gasteiger partial charge in [-0.2, -0.15) is 0 Å². The lowest BCUT2D eigenvalue weighted by molar-refractivity contribution is 0.582. The van der Waals surface area contributed by atoms with Gasteiger partial charge in [0.1, 0.15) is 0 Å². The monoisotopic (exact) mass is 255 g/mol. The summed E-state index contributed by atoms with van der Waals surface area (Å²) in [6.07, 6.45) is 4.14. The van der Waals surface area contributed by atoms with Gasteiger partial charge < -0.3 is 0 Å². The summed E-state index contributed by atoms with van der Waals surface area (Å²) < 4.78 is 26.5. The summed E-state index contributed by atoms with van der Waals surface area (Å²) in [6, 6.07) is 7.25. The van der Waals surface area contributed by atoms with Crippen molar-refractivity contribution >= 4 is 10.0 Å². The lowest BCUT2D eigenvalue weighted by Gasteiger charge is -2.10. The van der Waals surface area contributed by atoms with Gasteiger partial charge in [-0.25, -0.2) is 13.1 Å². The third kappa shape index (κ3) is 4.13. The molecule has 1 aromatic carbocycles. The smallest absolute Gasteiger partial charge is 0.211 e. The summed E-state index contributed by atoms with van der Waals surface area (Å²) >= 11 is 0. The summed E-state index contributed by atoms with van der Waals surface area (Å²) in [4.78, 5) is 0.429. The molecule has 0 saturated heterocycles. The van der Waals surface area contributed by atoms with E-state index in [1.54, 1.807) is 19.1 Å². The second-order valence-electron chi connectivity index (χ2n) is 4.07. The predicted molar refractivity (Wildman–Crippen MR) is 70.5 cm³/mol. The fraction of sp³-hybridized carbons (Fsp3) is 0.538. The molecule has 96 valence electrons. The van der Waals surface area contributed by atoms with Crippen LogP contribution in [0.15, 0.2) is 29.2 Å². The van der Waals surface area contributed by atoms with Crippen LogP contribution in [0.1, 0.15) is 38.7 Å². The van der Waals surface area contributed by atoms with Gasteiger partial charge in [0.05, 0.1) is 4.90 Å². The molecule has 0 amide bonds. The molecular weight excluding hydrogens is 234 g/mol. The zero-order valence-electron chi connectivity index (χ0n) is 10.6. The first-order valence-corrected chi connectivity index (χ1v) is 7.67. The van der Waals surface area contributed by atoms with Crippen LogP contribution in [0.3, 0.4) is 0 Å². The van der Waals surface area contributed by atoms with Crippen molar-refractivity contribution in [2.24, 2.45) is 0 Å². The standard InChI is InChI=1S/C13H21NO2S/c1-3-5-6-9-12-10-7-8-11-13(12)17(15,16)14-4-2/h7-8,10-11,14H,3-6,9H2,1-2H3. The molecule has 1 N–H and O–H groups in total. The Labute approximate surface area is 104 Å². The largest absolute Gasteiger partial charge is 0.240 e. The number of unbranched alkanes of at least 4 members (excludes halogenated alkanes) is 2. The van der Waals surface area contributed by atoms with Gasteiger partial charge in [-0.1, -0.05) is 44.9 Å². The van der Waals surface area contributed by atoms with Crippen molar-refractivity contribution < 1.29 is 8.42 Å². The molecule has 0 heterocycles. The minimum absolute atomic E-state index is 0.422. The maximum absolute atomic E-state index is 12.0. The van der Waals surface area contributed by atoms with Gasteiger partial charge in [-0.3, -0.25) is 0 Å². The molecule has 0 spiro atoms. The van der Waals surface area contributed by atoms with Crippen molar-refractivity contribution in [1.29, 1.82) is 0 Å². The first kappa shape index (κ1) is 14.2. The van der Waals surface area contributed by atoms with Crippen LogP contribution in [0, 0.1) is 0 Å².